The molecule has 2 amide bonds. The smallest absolute Gasteiger partial charge is 0.303 e. The van der Waals surface area contributed by atoms with Crippen molar-refractivity contribution in [2.45, 2.75) is 57.6 Å². The Morgan fingerprint density at radius 3 is 2.62 bits per heavy atom. The largest absolute Gasteiger partial charge is 0.481 e. The van der Waals surface area contributed by atoms with Crippen LogP contribution < -0.4 is 10.6 Å². The zero-order valence-electron chi connectivity index (χ0n) is 13.8. The Bertz CT molecular complexity index is 514. The monoisotopic (exact) mass is 339 g/mol. The quantitative estimate of drug-likeness (QED) is 0.457. The maximum Gasteiger partial charge on any atom is 0.303 e. The van der Waals surface area contributed by atoms with E-state index in [1.54, 1.807) is 13.1 Å². The number of aliphatic hydroxyl groups is 1. The fourth-order valence-electron chi connectivity index (χ4n) is 2.15. The lowest BCUT2D eigenvalue weighted by atomic mass is 10.1. The van der Waals surface area contributed by atoms with Crippen molar-refractivity contribution in [3.63, 3.8) is 0 Å². The fraction of sp³-hybridized carbons (Fsp3) is 0.625. The molecule has 0 aromatic carbocycles. The van der Waals surface area contributed by atoms with Gasteiger partial charge in [-0.1, -0.05) is 6.08 Å². The van der Waals surface area contributed by atoms with Crippen LogP contribution in [0, 0.1) is 0 Å². The molecule has 0 saturated carbocycles. The Kier molecular flexibility index (Phi) is 8.70. The number of amides is 2. The molecule has 1 aliphatic heterocycles. The average Bonchev–Trinajstić information content (AvgIpc) is 2.52. The highest BCUT2D eigenvalue weighted by Crippen LogP contribution is 2.13. The van der Waals surface area contributed by atoms with Crippen LogP contribution in [0.3, 0.4) is 0 Å². The van der Waals surface area contributed by atoms with Gasteiger partial charge in [-0.15, -0.1) is 0 Å². The topological polar surface area (TPSA) is 128 Å². The van der Waals surface area contributed by atoms with Gasteiger partial charge in [-0.3, -0.25) is 19.4 Å². The third-order valence-electron chi connectivity index (χ3n) is 3.36. The van der Waals surface area contributed by atoms with Crippen LogP contribution in [0.5, 0.6) is 0 Å². The molecular formula is C16H25N3O5. The molecule has 8 nitrogen and oxygen atoms in total. The average molecular weight is 339 g/mol. The number of hydrogen-bond acceptors (Lipinski definition) is 5. The SMILES string of the molecule is CC(O)CNC(=O)C(CC1=CCCC=N1)NC(=O)CCCC(=O)O. The number of allylic oxidation sites excluding steroid dienone is 1. The van der Waals surface area contributed by atoms with Crippen LogP contribution in [0.1, 0.15) is 45.4 Å². The molecule has 0 aliphatic carbocycles. The molecule has 0 aromatic rings. The molecule has 2 atom stereocenters. The predicted octanol–water partition coefficient (Wildman–Crippen LogP) is 0.362. The normalized spacial score (nSPS) is 16.0. The second-order valence-corrected chi connectivity index (χ2v) is 5.75. The van der Waals surface area contributed by atoms with E-state index in [2.05, 4.69) is 15.6 Å². The molecule has 1 rings (SSSR count). The van der Waals surface area contributed by atoms with Gasteiger partial charge in [-0.2, -0.15) is 0 Å². The van der Waals surface area contributed by atoms with Crippen LogP contribution in [0.15, 0.2) is 16.8 Å². The standard InChI is InChI=1S/C16H25N3O5/c1-11(20)10-18-16(24)13(9-12-5-2-3-8-17-12)19-14(21)6-4-7-15(22)23/h5,8,11,13,20H,2-4,6-7,9-10H2,1H3,(H,18,24)(H,19,21)(H,22,23). The van der Waals surface area contributed by atoms with E-state index in [0.29, 0.717) is 0 Å². The van der Waals surface area contributed by atoms with Crippen molar-refractivity contribution in [2.75, 3.05) is 6.54 Å². The van der Waals surface area contributed by atoms with Gasteiger partial charge in [0.2, 0.25) is 11.8 Å². The van der Waals surface area contributed by atoms with Gasteiger partial charge in [0.1, 0.15) is 6.04 Å². The minimum Gasteiger partial charge on any atom is -0.481 e. The van der Waals surface area contributed by atoms with Crippen LogP contribution in [0.2, 0.25) is 0 Å². The summed E-state index contributed by atoms with van der Waals surface area (Å²) < 4.78 is 0. The van der Waals surface area contributed by atoms with E-state index in [9.17, 15) is 19.5 Å². The molecule has 4 N–H and O–H groups in total. The Morgan fingerprint density at radius 2 is 2.04 bits per heavy atom. The summed E-state index contributed by atoms with van der Waals surface area (Å²) in [5.41, 5.74) is 0.726. The summed E-state index contributed by atoms with van der Waals surface area (Å²) in [5, 5.41) is 23.0. The lowest BCUT2D eigenvalue weighted by molar-refractivity contribution is -0.137. The molecule has 134 valence electrons. The van der Waals surface area contributed by atoms with Crippen LogP contribution in [0.4, 0.5) is 0 Å². The Morgan fingerprint density at radius 1 is 1.29 bits per heavy atom. The first-order valence-corrected chi connectivity index (χ1v) is 8.07. The second-order valence-electron chi connectivity index (χ2n) is 5.75. The number of aliphatic imine (C=N–C) groups is 1. The lowest BCUT2D eigenvalue weighted by Crippen LogP contribution is -2.48. The van der Waals surface area contributed by atoms with E-state index in [0.717, 1.165) is 18.5 Å². The molecule has 2 unspecified atom stereocenters. The number of nitrogens with zero attached hydrogens (tertiary/aromatic N) is 1. The first kappa shape index (κ1) is 19.8. The van der Waals surface area contributed by atoms with Gasteiger partial charge in [-0.05, 0) is 26.2 Å². The van der Waals surface area contributed by atoms with Gasteiger partial charge in [0, 0.05) is 37.7 Å². The molecule has 0 bridgehead atoms. The molecule has 8 heteroatoms. The summed E-state index contributed by atoms with van der Waals surface area (Å²) in [6, 6.07) is -0.803. The summed E-state index contributed by atoms with van der Waals surface area (Å²) in [6.45, 7) is 1.64. The van der Waals surface area contributed by atoms with Crippen molar-refractivity contribution in [1.82, 2.24) is 10.6 Å². The number of carboxylic acid groups (broad SMARTS) is 1. The van der Waals surface area contributed by atoms with Gasteiger partial charge in [-0.25, -0.2) is 0 Å². The highest BCUT2D eigenvalue weighted by Gasteiger charge is 2.22. The molecule has 0 fully saturated rings. The third-order valence-corrected chi connectivity index (χ3v) is 3.36. The molecule has 1 aliphatic rings. The van der Waals surface area contributed by atoms with Crippen LogP contribution in [0.25, 0.3) is 0 Å². The summed E-state index contributed by atoms with van der Waals surface area (Å²) in [4.78, 5) is 38.9. The number of carboxylic acids is 1. The number of aliphatic carboxylic acids is 1. The van der Waals surface area contributed by atoms with Crippen molar-refractivity contribution < 1.29 is 24.6 Å². The number of carbonyl (C=O) groups is 3. The second kappa shape index (κ2) is 10.5. The van der Waals surface area contributed by atoms with Crippen LogP contribution in [-0.2, 0) is 14.4 Å². The highest BCUT2D eigenvalue weighted by atomic mass is 16.4. The van der Waals surface area contributed by atoms with Crippen LogP contribution in [-0.4, -0.2) is 52.9 Å². The zero-order chi connectivity index (χ0) is 17.9. The summed E-state index contributed by atoms with van der Waals surface area (Å²) >= 11 is 0. The number of rotatable bonds is 10. The number of nitrogens with one attached hydrogen (secondary N) is 2. The van der Waals surface area contributed by atoms with Crippen molar-refractivity contribution >= 4 is 24.0 Å². The van der Waals surface area contributed by atoms with Gasteiger partial charge < -0.3 is 20.8 Å². The van der Waals surface area contributed by atoms with E-state index in [-0.39, 0.29) is 38.1 Å². The first-order valence-electron chi connectivity index (χ1n) is 8.07. The number of hydrogen-bond donors (Lipinski definition) is 4. The third kappa shape index (κ3) is 8.42. The molecule has 0 spiro atoms. The van der Waals surface area contributed by atoms with Crippen molar-refractivity contribution in [2.24, 2.45) is 4.99 Å². The lowest BCUT2D eigenvalue weighted by Gasteiger charge is -2.20. The van der Waals surface area contributed by atoms with Crippen molar-refractivity contribution in [3.8, 4) is 0 Å². The number of aliphatic hydroxyl groups excluding tert-OH is 1. The Balaban J connectivity index is 2.60. The molecule has 1 heterocycles. The van der Waals surface area contributed by atoms with E-state index < -0.39 is 24.0 Å². The zero-order valence-corrected chi connectivity index (χ0v) is 13.8. The maximum atomic E-state index is 12.2. The van der Waals surface area contributed by atoms with Gasteiger partial charge in [0.25, 0.3) is 0 Å². The number of carbonyl (C=O) groups excluding carboxylic acids is 2. The molecule has 0 aromatic heterocycles. The van der Waals surface area contributed by atoms with Crippen LogP contribution >= 0.6 is 0 Å². The van der Waals surface area contributed by atoms with E-state index >= 15 is 0 Å². The van der Waals surface area contributed by atoms with Gasteiger partial charge in [0.05, 0.1) is 6.10 Å². The summed E-state index contributed by atoms with van der Waals surface area (Å²) in [5.74, 6) is -1.74. The molecule has 24 heavy (non-hydrogen) atoms. The van der Waals surface area contributed by atoms with Crippen molar-refractivity contribution in [3.05, 3.63) is 11.8 Å². The summed E-state index contributed by atoms with van der Waals surface area (Å²) in [6.07, 6.45) is 5.11. The predicted molar refractivity (Wildman–Crippen MR) is 88.5 cm³/mol. The van der Waals surface area contributed by atoms with E-state index in [4.69, 9.17) is 5.11 Å². The summed E-state index contributed by atoms with van der Waals surface area (Å²) in [7, 11) is 0. The minimum atomic E-state index is -0.962. The Labute approximate surface area is 141 Å². The van der Waals surface area contributed by atoms with E-state index in [1.807, 2.05) is 6.08 Å². The Hall–Kier alpha value is -2.22. The van der Waals surface area contributed by atoms with E-state index in [1.165, 1.54) is 0 Å². The molecule has 0 saturated heterocycles. The highest BCUT2D eigenvalue weighted by molar-refractivity contribution is 5.88. The first-order chi connectivity index (χ1) is 11.4. The van der Waals surface area contributed by atoms with Gasteiger partial charge >= 0.3 is 5.97 Å². The minimum absolute atomic E-state index is 0.0365. The fourth-order valence-corrected chi connectivity index (χ4v) is 2.15. The van der Waals surface area contributed by atoms with Crippen molar-refractivity contribution in [1.29, 1.82) is 0 Å². The molecule has 0 radical (unpaired) electrons. The molecular weight excluding hydrogens is 314 g/mol. The van der Waals surface area contributed by atoms with Gasteiger partial charge in [0.15, 0.2) is 0 Å². The maximum absolute atomic E-state index is 12.2.